The van der Waals surface area contributed by atoms with E-state index in [0.29, 0.717) is 13.2 Å². The van der Waals surface area contributed by atoms with E-state index in [2.05, 4.69) is 0 Å². The van der Waals surface area contributed by atoms with Crippen LogP contribution >= 0.6 is 0 Å². The molecule has 0 aliphatic carbocycles. The van der Waals surface area contributed by atoms with Gasteiger partial charge in [-0.2, -0.15) is 5.06 Å². The highest BCUT2D eigenvalue weighted by Crippen LogP contribution is 2.23. The summed E-state index contributed by atoms with van der Waals surface area (Å²) in [5, 5.41) is 12.2. The second-order valence-corrected chi connectivity index (χ2v) is 3.27. The molecule has 0 spiro atoms. The first-order valence-corrected chi connectivity index (χ1v) is 4.27. The van der Waals surface area contributed by atoms with Gasteiger partial charge in [0, 0.05) is 25.7 Å². The molecule has 0 unspecified atom stereocenters. The quantitative estimate of drug-likeness (QED) is 0.501. The predicted molar refractivity (Wildman–Crippen MR) is 49.4 cm³/mol. The molecule has 74 valence electrons. The second-order valence-electron chi connectivity index (χ2n) is 3.27. The van der Waals surface area contributed by atoms with Crippen LogP contribution in [-0.2, 0) is 18.0 Å². The molecule has 1 aromatic carbocycles. The topological polar surface area (TPSA) is 55.6 Å². The van der Waals surface area contributed by atoms with Crippen LogP contribution in [0, 0.1) is 10.1 Å². The van der Waals surface area contributed by atoms with Gasteiger partial charge < -0.3 is 0 Å². The zero-order chi connectivity index (χ0) is 10.1. The lowest BCUT2D eigenvalue weighted by molar-refractivity contribution is -0.385. The Balaban J connectivity index is 2.36. The molecule has 2 rings (SSSR count). The minimum absolute atomic E-state index is 0.122. The van der Waals surface area contributed by atoms with Crippen LogP contribution in [0.1, 0.15) is 11.1 Å². The standard InChI is InChI=1S/C9H10N2O3/c1-10-5-7-2-3-9(11(12)13)4-8(7)6-14-10/h2-4H,5-6H2,1H3. The molecule has 5 heteroatoms. The third-order valence-corrected chi connectivity index (χ3v) is 2.23. The first-order chi connectivity index (χ1) is 6.66. The lowest BCUT2D eigenvalue weighted by atomic mass is 10.1. The van der Waals surface area contributed by atoms with Crippen LogP contribution in [0.3, 0.4) is 0 Å². The molecule has 0 N–H and O–H groups in total. The summed E-state index contributed by atoms with van der Waals surface area (Å²) < 4.78 is 0. The maximum absolute atomic E-state index is 10.5. The number of benzene rings is 1. The number of non-ortho nitro benzene ring substituents is 1. The Morgan fingerprint density at radius 3 is 3.00 bits per heavy atom. The minimum atomic E-state index is -0.390. The van der Waals surface area contributed by atoms with Crippen LogP contribution in [-0.4, -0.2) is 17.0 Å². The monoisotopic (exact) mass is 194 g/mol. The number of hydroxylamine groups is 2. The molecule has 0 saturated carbocycles. The molecule has 0 saturated heterocycles. The SMILES string of the molecule is CN1Cc2ccc([N+](=O)[O-])cc2CO1. The molecule has 1 aliphatic rings. The van der Waals surface area contributed by atoms with Gasteiger partial charge in [-0.3, -0.25) is 15.0 Å². The Labute approximate surface area is 81.0 Å². The lowest BCUT2D eigenvalue weighted by Gasteiger charge is -2.24. The maximum Gasteiger partial charge on any atom is 0.269 e. The number of hydrogen-bond donors (Lipinski definition) is 0. The fraction of sp³-hybridized carbons (Fsp3) is 0.333. The number of rotatable bonds is 1. The molecule has 0 atom stereocenters. The van der Waals surface area contributed by atoms with Crippen LogP contribution < -0.4 is 0 Å². The van der Waals surface area contributed by atoms with E-state index < -0.39 is 4.92 Å². The molecular formula is C9H10N2O3. The van der Waals surface area contributed by atoms with Crippen molar-refractivity contribution < 1.29 is 9.76 Å². The normalized spacial score (nSPS) is 16.4. The van der Waals surface area contributed by atoms with E-state index in [1.165, 1.54) is 6.07 Å². The van der Waals surface area contributed by atoms with Crippen molar-refractivity contribution in [2.24, 2.45) is 0 Å². The summed E-state index contributed by atoms with van der Waals surface area (Å²) >= 11 is 0. The van der Waals surface area contributed by atoms with Crippen molar-refractivity contribution in [1.29, 1.82) is 0 Å². The van der Waals surface area contributed by atoms with Gasteiger partial charge in [-0.05, 0) is 11.1 Å². The largest absolute Gasteiger partial charge is 0.294 e. The lowest BCUT2D eigenvalue weighted by Crippen LogP contribution is -2.24. The van der Waals surface area contributed by atoms with Gasteiger partial charge in [0.05, 0.1) is 11.5 Å². The van der Waals surface area contributed by atoms with Gasteiger partial charge in [-0.1, -0.05) is 6.07 Å². The number of nitro benzene ring substituents is 1. The molecule has 1 aliphatic heterocycles. The molecule has 0 fully saturated rings. The molecule has 0 radical (unpaired) electrons. The Morgan fingerprint density at radius 1 is 1.50 bits per heavy atom. The smallest absolute Gasteiger partial charge is 0.269 e. The predicted octanol–water partition coefficient (Wildman–Crippen LogP) is 1.47. The van der Waals surface area contributed by atoms with Gasteiger partial charge in [0.2, 0.25) is 0 Å². The van der Waals surface area contributed by atoms with Crippen molar-refractivity contribution in [3.8, 4) is 0 Å². The van der Waals surface area contributed by atoms with Gasteiger partial charge >= 0.3 is 0 Å². The van der Waals surface area contributed by atoms with E-state index in [9.17, 15) is 10.1 Å². The molecule has 0 aromatic heterocycles. The average molecular weight is 194 g/mol. The summed E-state index contributed by atoms with van der Waals surface area (Å²) in [4.78, 5) is 15.4. The molecule has 5 nitrogen and oxygen atoms in total. The average Bonchev–Trinajstić information content (AvgIpc) is 2.16. The first kappa shape index (κ1) is 9.11. The third kappa shape index (κ3) is 1.59. The number of hydrogen-bond acceptors (Lipinski definition) is 4. The number of fused-ring (bicyclic) bond motifs is 1. The van der Waals surface area contributed by atoms with Crippen molar-refractivity contribution in [2.45, 2.75) is 13.2 Å². The van der Waals surface area contributed by atoms with Crippen molar-refractivity contribution in [3.63, 3.8) is 0 Å². The fourth-order valence-corrected chi connectivity index (χ4v) is 1.48. The highest BCUT2D eigenvalue weighted by atomic mass is 16.7. The molecule has 1 heterocycles. The van der Waals surface area contributed by atoms with Gasteiger partial charge in [-0.15, -0.1) is 0 Å². The zero-order valence-electron chi connectivity index (χ0n) is 7.77. The van der Waals surface area contributed by atoms with Crippen molar-refractivity contribution in [1.82, 2.24) is 5.06 Å². The highest BCUT2D eigenvalue weighted by Gasteiger charge is 2.16. The van der Waals surface area contributed by atoms with Crippen LogP contribution in [0.5, 0.6) is 0 Å². The van der Waals surface area contributed by atoms with Gasteiger partial charge in [0.1, 0.15) is 0 Å². The molecule has 0 amide bonds. The molecule has 0 bridgehead atoms. The summed E-state index contributed by atoms with van der Waals surface area (Å²) in [6.45, 7) is 1.08. The zero-order valence-corrected chi connectivity index (χ0v) is 7.77. The minimum Gasteiger partial charge on any atom is -0.294 e. The second kappa shape index (κ2) is 3.36. The van der Waals surface area contributed by atoms with Crippen LogP contribution in [0.2, 0.25) is 0 Å². The van der Waals surface area contributed by atoms with E-state index in [4.69, 9.17) is 4.84 Å². The van der Waals surface area contributed by atoms with Crippen molar-refractivity contribution in [3.05, 3.63) is 39.4 Å². The third-order valence-electron chi connectivity index (χ3n) is 2.23. The van der Waals surface area contributed by atoms with E-state index in [1.54, 1.807) is 17.2 Å². The molecule has 14 heavy (non-hydrogen) atoms. The molecular weight excluding hydrogens is 184 g/mol. The van der Waals surface area contributed by atoms with Crippen molar-refractivity contribution >= 4 is 5.69 Å². The van der Waals surface area contributed by atoms with Crippen LogP contribution in [0.25, 0.3) is 0 Å². The summed E-state index contributed by atoms with van der Waals surface area (Å²) in [5.74, 6) is 0. The summed E-state index contributed by atoms with van der Waals surface area (Å²) in [7, 11) is 1.84. The highest BCUT2D eigenvalue weighted by molar-refractivity contribution is 5.40. The van der Waals surface area contributed by atoms with Crippen LogP contribution in [0.4, 0.5) is 5.69 Å². The van der Waals surface area contributed by atoms with E-state index in [-0.39, 0.29) is 5.69 Å². The van der Waals surface area contributed by atoms with Gasteiger partial charge in [0.25, 0.3) is 5.69 Å². The summed E-state index contributed by atoms with van der Waals surface area (Å²) in [5.41, 5.74) is 2.11. The van der Waals surface area contributed by atoms with Gasteiger partial charge in [0.15, 0.2) is 0 Å². The maximum atomic E-state index is 10.5. The first-order valence-electron chi connectivity index (χ1n) is 4.27. The van der Waals surface area contributed by atoms with E-state index >= 15 is 0 Å². The summed E-state index contributed by atoms with van der Waals surface area (Å²) in [6, 6.07) is 4.88. The Kier molecular flexibility index (Phi) is 2.18. The van der Waals surface area contributed by atoms with Gasteiger partial charge in [-0.25, -0.2) is 0 Å². The number of nitrogens with zero attached hydrogens (tertiary/aromatic N) is 2. The number of nitro groups is 1. The van der Waals surface area contributed by atoms with E-state index in [0.717, 1.165) is 11.1 Å². The Morgan fingerprint density at radius 2 is 2.29 bits per heavy atom. The Hall–Kier alpha value is -1.46. The molecule has 1 aromatic rings. The fourth-order valence-electron chi connectivity index (χ4n) is 1.48. The Bertz CT molecular complexity index is 378. The van der Waals surface area contributed by atoms with Crippen LogP contribution in [0.15, 0.2) is 18.2 Å². The summed E-state index contributed by atoms with van der Waals surface area (Å²) in [6.07, 6.45) is 0. The van der Waals surface area contributed by atoms with E-state index in [1.807, 2.05) is 7.05 Å². The van der Waals surface area contributed by atoms with Crippen molar-refractivity contribution in [2.75, 3.05) is 7.05 Å².